The zero-order valence-electron chi connectivity index (χ0n) is 12.5. The SMILES string of the molecule is CCOc1ccc(C(=O)N/N=C(\C)c2cccc(O)c2)cc1. The van der Waals surface area contributed by atoms with Gasteiger partial charge in [0.15, 0.2) is 0 Å². The Morgan fingerprint density at radius 3 is 2.55 bits per heavy atom. The van der Waals surface area contributed by atoms with Crippen LogP contribution in [-0.2, 0) is 0 Å². The van der Waals surface area contributed by atoms with Crippen molar-refractivity contribution in [3.63, 3.8) is 0 Å². The van der Waals surface area contributed by atoms with Gasteiger partial charge in [0.1, 0.15) is 11.5 Å². The Morgan fingerprint density at radius 2 is 1.91 bits per heavy atom. The highest BCUT2D eigenvalue weighted by molar-refractivity contribution is 6.01. The Kier molecular flexibility index (Phi) is 5.14. The zero-order chi connectivity index (χ0) is 15.9. The van der Waals surface area contributed by atoms with E-state index < -0.39 is 0 Å². The predicted octanol–water partition coefficient (Wildman–Crippen LogP) is 2.94. The van der Waals surface area contributed by atoms with Gasteiger partial charge >= 0.3 is 0 Å². The molecule has 0 aliphatic rings. The van der Waals surface area contributed by atoms with Crippen LogP contribution in [0.3, 0.4) is 0 Å². The van der Waals surface area contributed by atoms with Crippen LogP contribution in [0.25, 0.3) is 0 Å². The predicted molar refractivity (Wildman–Crippen MR) is 85.4 cm³/mol. The molecular weight excluding hydrogens is 280 g/mol. The molecule has 5 nitrogen and oxygen atoms in total. The Balaban J connectivity index is 2.03. The van der Waals surface area contributed by atoms with E-state index >= 15 is 0 Å². The first-order valence-electron chi connectivity index (χ1n) is 6.97. The number of ether oxygens (including phenoxy) is 1. The van der Waals surface area contributed by atoms with Crippen molar-refractivity contribution < 1.29 is 14.6 Å². The number of hydrazone groups is 1. The standard InChI is InChI=1S/C17H18N2O3/c1-3-22-16-9-7-13(8-10-16)17(21)19-18-12(2)14-5-4-6-15(20)11-14/h4-11,20H,3H2,1-2H3,(H,19,21)/b18-12+. The van der Waals surface area contributed by atoms with Crippen LogP contribution >= 0.6 is 0 Å². The first kappa shape index (κ1) is 15.6. The number of benzene rings is 2. The summed E-state index contributed by atoms with van der Waals surface area (Å²) in [5.41, 5.74) is 4.34. The van der Waals surface area contributed by atoms with Crippen LogP contribution in [0.15, 0.2) is 53.6 Å². The number of amides is 1. The molecule has 0 saturated heterocycles. The molecule has 0 unspecified atom stereocenters. The van der Waals surface area contributed by atoms with E-state index in [0.29, 0.717) is 17.9 Å². The quantitative estimate of drug-likeness (QED) is 0.658. The van der Waals surface area contributed by atoms with Crippen molar-refractivity contribution >= 4 is 11.6 Å². The summed E-state index contributed by atoms with van der Waals surface area (Å²) in [6.45, 7) is 4.24. The van der Waals surface area contributed by atoms with Crippen LogP contribution in [0.1, 0.15) is 29.8 Å². The number of carbonyl (C=O) groups excluding carboxylic acids is 1. The molecule has 22 heavy (non-hydrogen) atoms. The average Bonchev–Trinajstić information content (AvgIpc) is 2.53. The second-order valence-electron chi connectivity index (χ2n) is 4.65. The van der Waals surface area contributed by atoms with Crippen LogP contribution in [0.5, 0.6) is 11.5 Å². The number of aromatic hydroxyl groups is 1. The van der Waals surface area contributed by atoms with E-state index in [1.165, 1.54) is 0 Å². The monoisotopic (exact) mass is 298 g/mol. The van der Waals surface area contributed by atoms with Gasteiger partial charge in [-0.25, -0.2) is 5.43 Å². The fourth-order valence-electron chi connectivity index (χ4n) is 1.86. The Morgan fingerprint density at radius 1 is 1.18 bits per heavy atom. The van der Waals surface area contributed by atoms with E-state index in [4.69, 9.17) is 4.74 Å². The minimum atomic E-state index is -0.303. The second-order valence-corrected chi connectivity index (χ2v) is 4.65. The Bertz CT molecular complexity index is 679. The van der Waals surface area contributed by atoms with Gasteiger partial charge in [0.2, 0.25) is 0 Å². The van der Waals surface area contributed by atoms with Gasteiger partial charge in [-0.05, 0) is 50.2 Å². The molecule has 0 fully saturated rings. The van der Waals surface area contributed by atoms with Crippen molar-refractivity contribution in [1.29, 1.82) is 0 Å². The maximum Gasteiger partial charge on any atom is 0.271 e. The van der Waals surface area contributed by atoms with Crippen molar-refractivity contribution in [3.8, 4) is 11.5 Å². The van der Waals surface area contributed by atoms with Gasteiger partial charge < -0.3 is 9.84 Å². The first-order valence-corrected chi connectivity index (χ1v) is 6.97. The molecule has 0 bridgehead atoms. The molecule has 114 valence electrons. The van der Waals surface area contributed by atoms with E-state index in [9.17, 15) is 9.90 Å². The maximum atomic E-state index is 12.0. The average molecular weight is 298 g/mol. The van der Waals surface area contributed by atoms with E-state index in [-0.39, 0.29) is 11.7 Å². The molecule has 1 amide bonds. The molecule has 2 N–H and O–H groups in total. The third-order valence-corrected chi connectivity index (χ3v) is 3.02. The molecule has 2 aromatic carbocycles. The second kappa shape index (κ2) is 7.26. The molecule has 0 saturated carbocycles. The largest absolute Gasteiger partial charge is 0.508 e. The van der Waals surface area contributed by atoms with Crippen LogP contribution < -0.4 is 10.2 Å². The molecule has 0 spiro atoms. The lowest BCUT2D eigenvalue weighted by atomic mass is 10.1. The summed E-state index contributed by atoms with van der Waals surface area (Å²) in [5, 5.41) is 13.5. The molecule has 0 heterocycles. The van der Waals surface area contributed by atoms with Gasteiger partial charge in [-0.15, -0.1) is 0 Å². The zero-order valence-corrected chi connectivity index (χ0v) is 12.5. The van der Waals surface area contributed by atoms with Crippen molar-refractivity contribution in [3.05, 3.63) is 59.7 Å². The number of nitrogens with one attached hydrogen (secondary N) is 1. The van der Waals surface area contributed by atoms with E-state index in [1.807, 2.05) is 13.0 Å². The Labute approximate surface area is 129 Å². The first-order chi connectivity index (χ1) is 10.6. The molecule has 0 aromatic heterocycles. The summed E-state index contributed by atoms with van der Waals surface area (Å²) >= 11 is 0. The van der Waals surface area contributed by atoms with Gasteiger partial charge in [0, 0.05) is 11.1 Å². The van der Waals surface area contributed by atoms with Gasteiger partial charge in [-0.1, -0.05) is 12.1 Å². The van der Waals surface area contributed by atoms with Crippen LogP contribution in [0, 0.1) is 0 Å². The minimum absolute atomic E-state index is 0.157. The number of phenols is 1. The number of hydrogen-bond donors (Lipinski definition) is 2. The number of phenolic OH excluding ortho intramolecular Hbond substituents is 1. The highest BCUT2D eigenvalue weighted by Crippen LogP contribution is 2.13. The minimum Gasteiger partial charge on any atom is -0.508 e. The summed E-state index contributed by atoms with van der Waals surface area (Å²) in [7, 11) is 0. The molecule has 0 atom stereocenters. The normalized spacial score (nSPS) is 11.1. The fraction of sp³-hybridized carbons (Fsp3) is 0.176. The van der Waals surface area contributed by atoms with Crippen molar-refractivity contribution in [1.82, 2.24) is 5.43 Å². The Hall–Kier alpha value is -2.82. The van der Waals surface area contributed by atoms with Crippen molar-refractivity contribution in [2.75, 3.05) is 6.61 Å². The highest BCUT2D eigenvalue weighted by atomic mass is 16.5. The lowest BCUT2D eigenvalue weighted by Gasteiger charge is -2.05. The molecule has 5 heteroatoms. The highest BCUT2D eigenvalue weighted by Gasteiger charge is 2.05. The summed E-state index contributed by atoms with van der Waals surface area (Å²) in [4.78, 5) is 12.0. The third-order valence-electron chi connectivity index (χ3n) is 3.02. The molecule has 0 radical (unpaired) electrons. The van der Waals surface area contributed by atoms with Crippen LogP contribution in [-0.4, -0.2) is 23.3 Å². The van der Waals surface area contributed by atoms with E-state index in [1.54, 1.807) is 49.4 Å². The number of nitrogens with zero attached hydrogens (tertiary/aromatic N) is 1. The van der Waals surface area contributed by atoms with Crippen molar-refractivity contribution in [2.45, 2.75) is 13.8 Å². The van der Waals surface area contributed by atoms with Crippen molar-refractivity contribution in [2.24, 2.45) is 5.10 Å². The lowest BCUT2D eigenvalue weighted by Crippen LogP contribution is -2.19. The summed E-state index contributed by atoms with van der Waals surface area (Å²) in [6.07, 6.45) is 0. The van der Waals surface area contributed by atoms with Crippen LogP contribution in [0.2, 0.25) is 0 Å². The van der Waals surface area contributed by atoms with Gasteiger partial charge in [0.05, 0.1) is 12.3 Å². The number of hydrogen-bond acceptors (Lipinski definition) is 4. The fourth-order valence-corrected chi connectivity index (χ4v) is 1.86. The van der Waals surface area contributed by atoms with Crippen LogP contribution in [0.4, 0.5) is 0 Å². The summed E-state index contributed by atoms with van der Waals surface area (Å²) in [5.74, 6) is 0.575. The molecule has 2 rings (SSSR count). The third kappa shape index (κ3) is 4.09. The topological polar surface area (TPSA) is 70.9 Å². The molecular formula is C17H18N2O3. The van der Waals surface area contributed by atoms with Gasteiger partial charge in [-0.2, -0.15) is 5.10 Å². The molecule has 2 aromatic rings. The summed E-state index contributed by atoms with van der Waals surface area (Å²) < 4.78 is 5.32. The maximum absolute atomic E-state index is 12.0. The molecule has 0 aliphatic carbocycles. The molecule has 0 aliphatic heterocycles. The number of carbonyl (C=O) groups is 1. The lowest BCUT2D eigenvalue weighted by molar-refractivity contribution is 0.0955. The smallest absolute Gasteiger partial charge is 0.271 e. The summed E-state index contributed by atoms with van der Waals surface area (Å²) in [6, 6.07) is 13.5. The van der Waals surface area contributed by atoms with Gasteiger partial charge in [0.25, 0.3) is 5.91 Å². The van der Waals surface area contributed by atoms with E-state index in [0.717, 1.165) is 11.3 Å². The van der Waals surface area contributed by atoms with Gasteiger partial charge in [-0.3, -0.25) is 4.79 Å². The number of rotatable bonds is 5. The van der Waals surface area contributed by atoms with E-state index in [2.05, 4.69) is 10.5 Å².